The smallest absolute Gasteiger partial charge is 0.214 e. The first kappa shape index (κ1) is 17.5. The fraction of sp³-hybridized carbons (Fsp3) is 0.200. The zero-order chi connectivity index (χ0) is 18.8. The molecule has 2 aromatic carbocycles. The van der Waals surface area contributed by atoms with E-state index in [1.807, 2.05) is 36.4 Å². The molecular formula is C20H18N4O2S. The lowest BCUT2D eigenvalue weighted by Crippen LogP contribution is -2.04. The van der Waals surface area contributed by atoms with E-state index in [1.165, 1.54) is 17.3 Å². The van der Waals surface area contributed by atoms with E-state index in [9.17, 15) is 4.79 Å². The normalized spacial score (nSPS) is 11.4. The van der Waals surface area contributed by atoms with Gasteiger partial charge in [-0.05, 0) is 46.2 Å². The molecule has 0 aliphatic carbocycles. The predicted octanol–water partition coefficient (Wildman–Crippen LogP) is 4.51. The van der Waals surface area contributed by atoms with Crippen molar-refractivity contribution >= 4 is 28.5 Å². The van der Waals surface area contributed by atoms with E-state index in [-0.39, 0.29) is 11.5 Å². The summed E-state index contributed by atoms with van der Waals surface area (Å²) in [4.78, 5) is 12.5. The average Bonchev–Trinajstić information content (AvgIpc) is 3.33. The number of benzene rings is 2. The zero-order valence-corrected chi connectivity index (χ0v) is 15.8. The van der Waals surface area contributed by atoms with Crippen LogP contribution in [0, 0.1) is 0 Å². The average molecular weight is 378 g/mol. The minimum Gasteiger partial charge on any atom is -0.453 e. The molecule has 0 aliphatic rings. The van der Waals surface area contributed by atoms with Gasteiger partial charge in [-0.1, -0.05) is 55.9 Å². The molecule has 0 amide bonds. The summed E-state index contributed by atoms with van der Waals surface area (Å²) < 4.78 is 7.27. The molecule has 0 fully saturated rings. The number of para-hydroxylation sites is 1. The molecule has 0 spiro atoms. The number of hydrogen-bond donors (Lipinski definition) is 0. The molecule has 0 bridgehead atoms. The first-order valence-electron chi connectivity index (χ1n) is 8.65. The Hall–Kier alpha value is -2.93. The van der Waals surface area contributed by atoms with E-state index in [0.29, 0.717) is 22.4 Å². The van der Waals surface area contributed by atoms with Gasteiger partial charge in [0.05, 0.1) is 11.4 Å². The molecule has 2 heterocycles. The van der Waals surface area contributed by atoms with Crippen molar-refractivity contribution in [1.82, 2.24) is 20.2 Å². The van der Waals surface area contributed by atoms with Crippen LogP contribution in [-0.2, 0) is 0 Å². The molecule has 6 nitrogen and oxygen atoms in total. The number of ketones is 1. The van der Waals surface area contributed by atoms with Gasteiger partial charge in [0.2, 0.25) is 10.9 Å². The van der Waals surface area contributed by atoms with Crippen molar-refractivity contribution in [2.24, 2.45) is 0 Å². The van der Waals surface area contributed by atoms with Gasteiger partial charge < -0.3 is 4.42 Å². The summed E-state index contributed by atoms with van der Waals surface area (Å²) in [5.74, 6) is 0.915. The molecular weight excluding hydrogens is 360 g/mol. The molecule has 136 valence electrons. The summed E-state index contributed by atoms with van der Waals surface area (Å²) in [7, 11) is 0. The third-order valence-corrected chi connectivity index (χ3v) is 5.20. The predicted molar refractivity (Wildman–Crippen MR) is 105 cm³/mol. The fourth-order valence-corrected chi connectivity index (χ4v) is 3.51. The zero-order valence-electron chi connectivity index (χ0n) is 15.0. The Morgan fingerprint density at radius 3 is 2.67 bits per heavy atom. The molecule has 0 saturated heterocycles. The quantitative estimate of drug-likeness (QED) is 0.363. The monoisotopic (exact) mass is 378 g/mol. The summed E-state index contributed by atoms with van der Waals surface area (Å²) in [6.07, 6.45) is 0. The van der Waals surface area contributed by atoms with Gasteiger partial charge in [-0.3, -0.25) is 4.79 Å². The van der Waals surface area contributed by atoms with Crippen molar-refractivity contribution in [1.29, 1.82) is 0 Å². The van der Waals surface area contributed by atoms with Crippen LogP contribution >= 0.6 is 11.8 Å². The van der Waals surface area contributed by atoms with Gasteiger partial charge in [0.25, 0.3) is 0 Å². The topological polar surface area (TPSA) is 73.8 Å². The highest BCUT2D eigenvalue weighted by Gasteiger charge is 2.16. The van der Waals surface area contributed by atoms with Crippen LogP contribution in [-0.4, -0.2) is 31.7 Å². The van der Waals surface area contributed by atoms with E-state index in [0.717, 1.165) is 11.1 Å². The number of rotatable bonds is 6. The number of carbonyl (C=O) groups excluding carboxylic acids is 1. The third kappa shape index (κ3) is 3.64. The van der Waals surface area contributed by atoms with Crippen molar-refractivity contribution in [2.75, 3.05) is 5.75 Å². The Morgan fingerprint density at radius 2 is 1.93 bits per heavy atom. The summed E-state index contributed by atoms with van der Waals surface area (Å²) in [5, 5.41) is 13.3. The van der Waals surface area contributed by atoms with Crippen LogP contribution in [0.25, 0.3) is 16.7 Å². The van der Waals surface area contributed by atoms with Crippen LogP contribution in [0.2, 0.25) is 0 Å². The highest BCUT2D eigenvalue weighted by molar-refractivity contribution is 7.99. The fourth-order valence-electron chi connectivity index (χ4n) is 2.75. The number of tetrazole rings is 1. The molecule has 0 atom stereocenters. The molecule has 0 N–H and O–H groups in total. The second-order valence-corrected chi connectivity index (χ2v) is 7.42. The molecule has 7 heteroatoms. The van der Waals surface area contributed by atoms with Crippen molar-refractivity contribution in [3.05, 3.63) is 65.9 Å². The first-order chi connectivity index (χ1) is 13.1. The lowest BCUT2D eigenvalue weighted by atomic mass is 10.0. The van der Waals surface area contributed by atoms with Gasteiger partial charge in [-0.25, -0.2) is 0 Å². The Kier molecular flexibility index (Phi) is 4.77. The van der Waals surface area contributed by atoms with Crippen LogP contribution in [0.3, 0.4) is 0 Å². The Morgan fingerprint density at radius 1 is 1.15 bits per heavy atom. The van der Waals surface area contributed by atoms with E-state index in [4.69, 9.17) is 4.42 Å². The van der Waals surface area contributed by atoms with Crippen LogP contribution in [0.5, 0.6) is 0 Å². The SMILES string of the molecule is CC(C)c1ccc(-n2nnnc2SCC(=O)c2cc3ccccc3o2)cc1. The minimum atomic E-state index is -0.0964. The second kappa shape index (κ2) is 7.36. The number of hydrogen-bond acceptors (Lipinski definition) is 6. The molecule has 4 aromatic rings. The maximum Gasteiger partial charge on any atom is 0.214 e. The van der Waals surface area contributed by atoms with Gasteiger partial charge in [0.15, 0.2) is 5.76 Å². The van der Waals surface area contributed by atoms with Crippen LogP contribution in [0.15, 0.2) is 64.2 Å². The van der Waals surface area contributed by atoms with Crippen molar-refractivity contribution in [2.45, 2.75) is 24.9 Å². The Labute approximate surface area is 160 Å². The lowest BCUT2D eigenvalue weighted by Gasteiger charge is -2.07. The van der Waals surface area contributed by atoms with Gasteiger partial charge in [0.1, 0.15) is 5.58 Å². The van der Waals surface area contributed by atoms with Crippen molar-refractivity contribution < 1.29 is 9.21 Å². The molecule has 2 aromatic heterocycles. The maximum absolute atomic E-state index is 12.5. The number of carbonyl (C=O) groups is 1. The first-order valence-corrected chi connectivity index (χ1v) is 9.63. The number of nitrogens with zero attached hydrogens (tertiary/aromatic N) is 4. The van der Waals surface area contributed by atoms with Crippen molar-refractivity contribution in [3.8, 4) is 5.69 Å². The van der Waals surface area contributed by atoms with Crippen molar-refractivity contribution in [3.63, 3.8) is 0 Å². The summed E-state index contributed by atoms with van der Waals surface area (Å²) >= 11 is 1.29. The number of thioether (sulfide) groups is 1. The van der Waals surface area contributed by atoms with Gasteiger partial charge in [-0.15, -0.1) is 5.10 Å². The highest BCUT2D eigenvalue weighted by atomic mass is 32.2. The van der Waals surface area contributed by atoms with E-state index in [2.05, 4.69) is 41.5 Å². The standard InChI is InChI=1S/C20H18N4O2S/c1-13(2)14-7-9-16(10-8-14)24-20(21-22-23-24)27-12-17(25)19-11-15-5-3-4-6-18(15)26-19/h3-11,13H,12H2,1-2H3. The number of Topliss-reactive ketones (excluding diaryl/α,β-unsaturated/α-hetero) is 1. The summed E-state index contributed by atoms with van der Waals surface area (Å²) in [6.45, 7) is 4.30. The number of aromatic nitrogens is 4. The highest BCUT2D eigenvalue weighted by Crippen LogP contribution is 2.24. The Bertz CT molecular complexity index is 1050. The van der Waals surface area contributed by atoms with E-state index < -0.39 is 0 Å². The maximum atomic E-state index is 12.5. The number of furan rings is 1. The molecule has 0 radical (unpaired) electrons. The van der Waals surface area contributed by atoms with Gasteiger partial charge in [0, 0.05) is 5.39 Å². The van der Waals surface area contributed by atoms with Gasteiger partial charge >= 0.3 is 0 Å². The molecule has 27 heavy (non-hydrogen) atoms. The molecule has 4 rings (SSSR count). The largest absolute Gasteiger partial charge is 0.453 e. The third-order valence-electron chi connectivity index (χ3n) is 4.28. The number of fused-ring (bicyclic) bond motifs is 1. The van der Waals surface area contributed by atoms with Gasteiger partial charge in [-0.2, -0.15) is 4.68 Å². The van der Waals surface area contributed by atoms with E-state index in [1.54, 1.807) is 10.7 Å². The molecule has 0 aliphatic heterocycles. The van der Waals surface area contributed by atoms with Crippen LogP contribution < -0.4 is 0 Å². The molecule has 0 unspecified atom stereocenters. The van der Waals surface area contributed by atoms with Crippen LogP contribution in [0.4, 0.5) is 0 Å². The summed E-state index contributed by atoms with van der Waals surface area (Å²) in [6, 6.07) is 17.4. The lowest BCUT2D eigenvalue weighted by molar-refractivity contribution is 0.0994. The van der Waals surface area contributed by atoms with Crippen LogP contribution in [0.1, 0.15) is 35.9 Å². The second-order valence-electron chi connectivity index (χ2n) is 6.48. The Balaban J connectivity index is 1.49. The van der Waals surface area contributed by atoms with E-state index >= 15 is 0 Å². The summed E-state index contributed by atoms with van der Waals surface area (Å²) in [5.41, 5.74) is 2.82. The molecule has 0 saturated carbocycles. The minimum absolute atomic E-state index is 0.0964.